The topological polar surface area (TPSA) is 52.0 Å². The summed E-state index contributed by atoms with van der Waals surface area (Å²) in [7, 11) is 1.52. The monoisotopic (exact) mass is 152 g/mol. The Balaban J connectivity index is 3.48. The number of nitrogens with zero attached hydrogens (tertiary/aromatic N) is 2. The highest BCUT2D eigenvalue weighted by molar-refractivity contribution is 5.73. The average Bonchev–Trinajstić information content (AvgIpc) is 1.96. The van der Waals surface area contributed by atoms with Gasteiger partial charge in [0.2, 0.25) is 0 Å². The van der Waals surface area contributed by atoms with Gasteiger partial charge in [-0.25, -0.2) is 4.68 Å². The first kappa shape index (κ1) is 7.65. The Morgan fingerprint density at radius 1 is 1.64 bits per heavy atom. The molecule has 4 heteroatoms. The van der Waals surface area contributed by atoms with Gasteiger partial charge in [0.25, 0.3) is 5.56 Å². The van der Waals surface area contributed by atoms with Gasteiger partial charge in [-0.15, -0.1) is 0 Å². The van der Waals surface area contributed by atoms with Crippen molar-refractivity contribution in [2.45, 2.75) is 6.92 Å². The lowest BCUT2D eigenvalue weighted by atomic mass is 10.3. The van der Waals surface area contributed by atoms with Crippen molar-refractivity contribution >= 4 is 6.29 Å². The number of aldehydes is 1. The number of aromatic nitrogens is 2. The number of rotatable bonds is 1. The predicted molar refractivity (Wildman–Crippen MR) is 39.6 cm³/mol. The molecule has 4 nitrogen and oxygen atoms in total. The lowest BCUT2D eigenvalue weighted by molar-refractivity contribution is 0.112. The average molecular weight is 152 g/mol. The van der Waals surface area contributed by atoms with Crippen molar-refractivity contribution in [3.05, 3.63) is 27.7 Å². The minimum absolute atomic E-state index is 0.153. The molecular weight excluding hydrogens is 144 g/mol. The highest BCUT2D eigenvalue weighted by Gasteiger charge is 2.00. The van der Waals surface area contributed by atoms with Crippen LogP contribution in [-0.2, 0) is 7.05 Å². The molecule has 1 rings (SSSR count). The second kappa shape index (κ2) is 2.65. The first-order chi connectivity index (χ1) is 5.15. The van der Waals surface area contributed by atoms with E-state index in [1.54, 1.807) is 6.92 Å². The van der Waals surface area contributed by atoms with Crippen LogP contribution in [0.3, 0.4) is 0 Å². The maximum atomic E-state index is 11.0. The number of carbonyl (C=O) groups is 1. The summed E-state index contributed by atoms with van der Waals surface area (Å²) in [6.45, 7) is 1.73. The Morgan fingerprint density at radius 3 is 2.82 bits per heavy atom. The van der Waals surface area contributed by atoms with E-state index in [2.05, 4.69) is 5.10 Å². The second-order valence-corrected chi connectivity index (χ2v) is 2.29. The zero-order chi connectivity index (χ0) is 8.43. The van der Waals surface area contributed by atoms with Gasteiger partial charge in [0.1, 0.15) is 0 Å². The quantitative estimate of drug-likeness (QED) is 0.528. The molecule has 0 atom stereocenters. The smallest absolute Gasteiger partial charge is 0.277 e. The molecule has 0 spiro atoms. The van der Waals surface area contributed by atoms with Gasteiger partial charge in [-0.1, -0.05) is 0 Å². The molecule has 0 saturated carbocycles. The van der Waals surface area contributed by atoms with Crippen LogP contribution >= 0.6 is 0 Å². The molecule has 0 amide bonds. The molecule has 1 aromatic heterocycles. The Kier molecular flexibility index (Phi) is 1.85. The molecule has 0 unspecified atom stereocenters. The Bertz CT molecular complexity index is 341. The minimum Gasteiger partial charge on any atom is -0.298 e. The van der Waals surface area contributed by atoms with Gasteiger partial charge in [-0.3, -0.25) is 9.59 Å². The van der Waals surface area contributed by atoms with Crippen molar-refractivity contribution in [3.8, 4) is 0 Å². The standard InChI is InChI=1S/C7H8N2O2/c1-5-3-6(4-10)7(11)9(2)8-5/h3-4H,1-2H3. The third-order valence-electron chi connectivity index (χ3n) is 1.34. The summed E-state index contributed by atoms with van der Waals surface area (Å²) in [6.07, 6.45) is 0.539. The molecule has 1 aromatic rings. The number of aryl methyl sites for hydroxylation is 2. The third kappa shape index (κ3) is 1.34. The number of hydrogen-bond donors (Lipinski definition) is 0. The van der Waals surface area contributed by atoms with Crippen LogP contribution in [0.1, 0.15) is 16.1 Å². The van der Waals surface area contributed by atoms with Gasteiger partial charge in [0, 0.05) is 7.05 Å². The molecule has 11 heavy (non-hydrogen) atoms. The highest BCUT2D eigenvalue weighted by atomic mass is 16.1. The molecule has 0 aromatic carbocycles. The van der Waals surface area contributed by atoms with Crippen LogP contribution in [0, 0.1) is 6.92 Å². The fourth-order valence-corrected chi connectivity index (χ4v) is 0.869. The Hall–Kier alpha value is -1.45. The Labute approximate surface area is 63.5 Å². The van der Waals surface area contributed by atoms with E-state index < -0.39 is 0 Å². The van der Waals surface area contributed by atoms with Gasteiger partial charge in [0.15, 0.2) is 6.29 Å². The molecule has 1 heterocycles. The van der Waals surface area contributed by atoms with E-state index in [1.807, 2.05) is 0 Å². The summed E-state index contributed by atoms with van der Waals surface area (Å²) in [5.41, 5.74) is 0.458. The van der Waals surface area contributed by atoms with Gasteiger partial charge < -0.3 is 0 Å². The van der Waals surface area contributed by atoms with Crippen LogP contribution in [0.2, 0.25) is 0 Å². The van der Waals surface area contributed by atoms with Crippen LogP contribution in [0.4, 0.5) is 0 Å². The van der Waals surface area contributed by atoms with Gasteiger partial charge in [0.05, 0.1) is 11.3 Å². The maximum absolute atomic E-state index is 11.0. The van der Waals surface area contributed by atoms with Gasteiger partial charge in [-0.2, -0.15) is 5.10 Å². The molecule has 0 aliphatic rings. The van der Waals surface area contributed by atoms with Crippen molar-refractivity contribution in [3.63, 3.8) is 0 Å². The summed E-state index contributed by atoms with van der Waals surface area (Å²) < 4.78 is 1.15. The third-order valence-corrected chi connectivity index (χ3v) is 1.34. The lowest BCUT2D eigenvalue weighted by Gasteiger charge is -1.97. The zero-order valence-electron chi connectivity index (χ0n) is 6.37. The zero-order valence-corrected chi connectivity index (χ0v) is 6.37. The van der Waals surface area contributed by atoms with E-state index in [1.165, 1.54) is 13.1 Å². The summed E-state index contributed by atoms with van der Waals surface area (Å²) in [5, 5.41) is 3.83. The molecule has 0 aliphatic heterocycles. The van der Waals surface area contributed by atoms with E-state index in [0.29, 0.717) is 12.0 Å². The van der Waals surface area contributed by atoms with Crippen molar-refractivity contribution in [2.24, 2.45) is 7.05 Å². The predicted octanol–water partition coefficient (Wildman–Crippen LogP) is -0.0988. The van der Waals surface area contributed by atoms with Crippen LogP contribution in [0.25, 0.3) is 0 Å². The molecule has 0 saturated heterocycles. The van der Waals surface area contributed by atoms with Crippen molar-refractivity contribution in [2.75, 3.05) is 0 Å². The fraction of sp³-hybridized carbons (Fsp3) is 0.286. The van der Waals surface area contributed by atoms with Gasteiger partial charge >= 0.3 is 0 Å². The van der Waals surface area contributed by atoms with Crippen LogP contribution in [0.15, 0.2) is 10.9 Å². The second-order valence-electron chi connectivity index (χ2n) is 2.29. The van der Waals surface area contributed by atoms with Crippen LogP contribution < -0.4 is 5.56 Å². The Morgan fingerprint density at radius 2 is 2.27 bits per heavy atom. The van der Waals surface area contributed by atoms with E-state index in [4.69, 9.17) is 0 Å². The van der Waals surface area contributed by atoms with E-state index in [-0.39, 0.29) is 11.1 Å². The maximum Gasteiger partial charge on any atom is 0.277 e. The molecule has 0 fully saturated rings. The largest absolute Gasteiger partial charge is 0.298 e. The van der Waals surface area contributed by atoms with E-state index >= 15 is 0 Å². The first-order valence-electron chi connectivity index (χ1n) is 3.15. The molecular formula is C7H8N2O2. The number of hydrogen-bond acceptors (Lipinski definition) is 3. The molecule has 0 N–H and O–H groups in total. The summed E-state index contributed by atoms with van der Waals surface area (Å²) in [6, 6.07) is 1.47. The first-order valence-corrected chi connectivity index (χ1v) is 3.15. The summed E-state index contributed by atoms with van der Waals surface area (Å²) in [5.74, 6) is 0. The van der Waals surface area contributed by atoms with Crippen molar-refractivity contribution in [1.29, 1.82) is 0 Å². The minimum atomic E-state index is -0.356. The van der Waals surface area contributed by atoms with Crippen molar-refractivity contribution in [1.82, 2.24) is 9.78 Å². The molecule has 0 radical (unpaired) electrons. The fourth-order valence-electron chi connectivity index (χ4n) is 0.869. The van der Waals surface area contributed by atoms with E-state index in [9.17, 15) is 9.59 Å². The van der Waals surface area contributed by atoms with Crippen LogP contribution in [0.5, 0.6) is 0 Å². The number of carbonyl (C=O) groups excluding carboxylic acids is 1. The summed E-state index contributed by atoms with van der Waals surface area (Å²) in [4.78, 5) is 21.3. The van der Waals surface area contributed by atoms with E-state index in [0.717, 1.165) is 4.68 Å². The lowest BCUT2D eigenvalue weighted by Crippen LogP contribution is -2.23. The summed E-state index contributed by atoms with van der Waals surface area (Å²) >= 11 is 0. The molecule has 0 bridgehead atoms. The SMILES string of the molecule is Cc1cc(C=O)c(=O)n(C)n1. The molecule has 0 aliphatic carbocycles. The van der Waals surface area contributed by atoms with Crippen molar-refractivity contribution < 1.29 is 4.79 Å². The molecule has 58 valence electrons. The van der Waals surface area contributed by atoms with Crippen LogP contribution in [-0.4, -0.2) is 16.1 Å². The highest BCUT2D eigenvalue weighted by Crippen LogP contribution is 1.89. The van der Waals surface area contributed by atoms with Gasteiger partial charge in [-0.05, 0) is 13.0 Å². The normalized spacial score (nSPS) is 9.64.